The standard InChI is InChI=1S/C7H2BrClF4O/c8-3-1-6(14-7(11,12)13)4(9)2-5(3)10/h1-2H. The second kappa shape index (κ2) is 3.94. The normalized spacial score (nSPS) is 11.6. The van der Waals surface area contributed by atoms with Crippen molar-refractivity contribution in [2.75, 3.05) is 0 Å². The topological polar surface area (TPSA) is 9.23 Å². The lowest BCUT2D eigenvalue weighted by molar-refractivity contribution is -0.274. The molecule has 1 aromatic carbocycles. The van der Waals surface area contributed by atoms with Crippen LogP contribution in [0.15, 0.2) is 16.6 Å². The van der Waals surface area contributed by atoms with Gasteiger partial charge in [0, 0.05) is 0 Å². The summed E-state index contributed by atoms with van der Waals surface area (Å²) in [6, 6.07) is 1.54. The molecule has 7 heteroatoms. The van der Waals surface area contributed by atoms with Crippen molar-refractivity contribution >= 4 is 27.5 Å². The molecule has 0 aliphatic rings. The van der Waals surface area contributed by atoms with Crippen molar-refractivity contribution in [3.63, 3.8) is 0 Å². The zero-order valence-electron chi connectivity index (χ0n) is 6.33. The Kier molecular flexibility index (Phi) is 3.26. The van der Waals surface area contributed by atoms with Gasteiger partial charge in [-0.25, -0.2) is 4.39 Å². The summed E-state index contributed by atoms with van der Waals surface area (Å²) in [7, 11) is 0. The van der Waals surface area contributed by atoms with E-state index in [1.807, 2.05) is 0 Å². The highest BCUT2D eigenvalue weighted by molar-refractivity contribution is 9.10. The first-order valence-electron chi connectivity index (χ1n) is 3.20. The summed E-state index contributed by atoms with van der Waals surface area (Å²) in [5, 5.41) is -0.442. The number of hydrogen-bond acceptors (Lipinski definition) is 1. The molecule has 0 saturated carbocycles. The van der Waals surface area contributed by atoms with Crippen LogP contribution in [0, 0.1) is 5.82 Å². The highest BCUT2D eigenvalue weighted by Crippen LogP contribution is 2.33. The lowest BCUT2D eigenvalue weighted by Gasteiger charge is -2.10. The van der Waals surface area contributed by atoms with E-state index in [2.05, 4.69) is 20.7 Å². The molecule has 0 amide bonds. The monoisotopic (exact) mass is 292 g/mol. The van der Waals surface area contributed by atoms with Gasteiger partial charge in [0.05, 0.1) is 9.50 Å². The minimum atomic E-state index is -4.85. The number of rotatable bonds is 1. The second-order valence-corrected chi connectivity index (χ2v) is 3.51. The van der Waals surface area contributed by atoms with E-state index >= 15 is 0 Å². The van der Waals surface area contributed by atoms with Gasteiger partial charge in [-0.2, -0.15) is 0 Å². The molecule has 1 aromatic rings. The summed E-state index contributed by atoms with van der Waals surface area (Å²) < 4.78 is 51.4. The van der Waals surface area contributed by atoms with Crippen LogP contribution in [0.1, 0.15) is 0 Å². The maximum absolute atomic E-state index is 12.7. The van der Waals surface area contributed by atoms with Crippen LogP contribution in [0.3, 0.4) is 0 Å². The Bertz CT molecular complexity index is 352. The Balaban J connectivity index is 3.04. The fraction of sp³-hybridized carbons (Fsp3) is 0.143. The second-order valence-electron chi connectivity index (χ2n) is 2.24. The first-order valence-corrected chi connectivity index (χ1v) is 4.37. The Morgan fingerprint density at radius 2 is 1.86 bits per heavy atom. The van der Waals surface area contributed by atoms with Crippen LogP contribution in [0.2, 0.25) is 5.02 Å². The fourth-order valence-electron chi connectivity index (χ4n) is 0.707. The van der Waals surface area contributed by atoms with Gasteiger partial charge in [0.2, 0.25) is 0 Å². The van der Waals surface area contributed by atoms with Gasteiger partial charge < -0.3 is 4.74 Å². The van der Waals surface area contributed by atoms with Gasteiger partial charge in [0.15, 0.2) is 0 Å². The summed E-state index contributed by atoms with van der Waals surface area (Å²) in [5.41, 5.74) is 0. The van der Waals surface area contributed by atoms with Crippen LogP contribution < -0.4 is 4.74 Å². The average Bonchev–Trinajstić information content (AvgIpc) is 1.97. The van der Waals surface area contributed by atoms with E-state index in [4.69, 9.17) is 11.6 Å². The van der Waals surface area contributed by atoms with Crippen molar-refractivity contribution in [1.29, 1.82) is 0 Å². The van der Waals surface area contributed by atoms with E-state index in [0.29, 0.717) is 0 Å². The Hall–Kier alpha value is -0.490. The van der Waals surface area contributed by atoms with Gasteiger partial charge in [0.1, 0.15) is 11.6 Å². The summed E-state index contributed by atoms with van der Waals surface area (Å²) >= 11 is 8.03. The van der Waals surface area contributed by atoms with Crippen molar-refractivity contribution in [3.05, 3.63) is 27.4 Å². The first kappa shape index (κ1) is 11.6. The zero-order valence-corrected chi connectivity index (χ0v) is 8.67. The summed E-state index contributed by atoms with van der Waals surface area (Å²) in [6.45, 7) is 0. The van der Waals surface area contributed by atoms with Crippen LogP contribution in [0.25, 0.3) is 0 Å². The molecule has 0 aromatic heterocycles. The minimum Gasteiger partial charge on any atom is -0.404 e. The van der Waals surface area contributed by atoms with E-state index in [-0.39, 0.29) is 4.47 Å². The Morgan fingerprint density at radius 1 is 1.29 bits per heavy atom. The molecule has 0 unspecified atom stereocenters. The molecule has 0 N–H and O–H groups in total. The molecule has 0 aliphatic heterocycles. The molecule has 0 spiro atoms. The summed E-state index contributed by atoms with van der Waals surface area (Å²) in [5.74, 6) is -1.41. The van der Waals surface area contributed by atoms with Gasteiger partial charge in [-0.15, -0.1) is 13.2 Å². The zero-order chi connectivity index (χ0) is 10.9. The smallest absolute Gasteiger partial charge is 0.404 e. The Morgan fingerprint density at radius 3 is 2.36 bits per heavy atom. The third-order valence-corrected chi connectivity index (χ3v) is 2.10. The minimum absolute atomic E-state index is 0.152. The first-order chi connectivity index (χ1) is 6.29. The number of benzene rings is 1. The van der Waals surface area contributed by atoms with Gasteiger partial charge in [-0.05, 0) is 28.1 Å². The lowest BCUT2D eigenvalue weighted by atomic mass is 10.3. The van der Waals surface area contributed by atoms with Gasteiger partial charge >= 0.3 is 6.36 Å². The molecule has 0 fully saturated rings. The molecule has 0 radical (unpaired) electrons. The fourth-order valence-corrected chi connectivity index (χ4v) is 1.22. The molecule has 0 bridgehead atoms. The highest BCUT2D eigenvalue weighted by Gasteiger charge is 2.32. The van der Waals surface area contributed by atoms with Crippen molar-refractivity contribution in [3.8, 4) is 5.75 Å². The van der Waals surface area contributed by atoms with Gasteiger partial charge in [-0.3, -0.25) is 0 Å². The van der Waals surface area contributed by atoms with E-state index in [9.17, 15) is 17.6 Å². The molecule has 14 heavy (non-hydrogen) atoms. The molecule has 0 heterocycles. The van der Waals surface area contributed by atoms with E-state index in [1.54, 1.807) is 0 Å². The summed E-state index contributed by atoms with van der Waals surface area (Å²) in [4.78, 5) is 0. The largest absolute Gasteiger partial charge is 0.573 e. The maximum atomic E-state index is 12.7. The van der Waals surface area contributed by atoms with Crippen molar-refractivity contribution < 1.29 is 22.3 Å². The number of ether oxygens (including phenoxy) is 1. The molecule has 0 saturated heterocycles. The van der Waals surface area contributed by atoms with Crippen LogP contribution in [-0.2, 0) is 0 Å². The van der Waals surface area contributed by atoms with Crippen molar-refractivity contribution in [1.82, 2.24) is 0 Å². The maximum Gasteiger partial charge on any atom is 0.573 e. The summed E-state index contributed by atoms with van der Waals surface area (Å²) in [6.07, 6.45) is -4.85. The van der Waals surface area contributed by atoms with Crippen LogP contribution in [0.5, 0.6) is 5.75 Å². The number of alkyl halides is 3. The molecule has 78 valence electrons. The number of halogens is 6. The molecular formula is C7H2BrClF4O. The van der Waals surface area contributed by atoms with Crippen molar-refractivity contribution in [2.24, 2.45) is 0 Å². The predicted octanol–water partition coefficient (Wildman–Crippen LogP) is 4.14. The van der Waals surface area contributed by atoms with Crippen LogP contribution in [0.4, 0.5) is 17.6 Å². The van der Waals surface area contributed by atoms with Crippen LogP contribution >= 0.6 is 27.5 Å². The van der Waals surface area contributed by atoms with Gasteiger partial charge in [-0.1, -0.05) is 11.6 Å². The quantitative estimate of drug-likeness (QED) is 0.558. The third-order valence-electron chi connectivity index (χ3n) is 1.20. The number of hydrogen-bond donors (Lipinski definition) is 0. The molecule has 1 nitrogen and oxygen atoms in total. The lowest BCUT2D eigenvalue weighted by Crippen LogP contribution is -2.17. The van der Waals surface area contributed by atoms with E-state index in [1.165, 1.54) is 0 Å². The molecule has 0 atom stereocenters. The molecular weight excluding hydrogens is 291 g/mol. The third kappa shape index (κ3) is 3.02. The van der Waals surface area contributed by atoms with Gasteiger partial charge in [0.25, 0.3) is 0 Å². The SMILES string of the molecule is Fc1cc(Cl)c(OC(F)(F)F)cc1Br. The average molecular weight is 293 g/mol. The highest BCUT2D eigenvalue weighted by atomic mass is 79.9. The van der Waals surface area contributed by atoms with Crippen LogP contribution in [-0.4, -0.2) is 6.36 Å². The van der Waals surface area contributed by atoms with Crippen molar-refractivity contribution in [2.45, 2.75) is 6.36 Å². The predicted molar refractivity (Wildman–Crippen MR) is 45.8 cm³/mol. The van der Waals surface area contributed by atoms with E-state index in [0.717, 1.165) is 12.1 Å². The Labute approximate surface area is 89.7 Å². The molecule has 0 aliphatic carbocycles. The van der Waals surface area contributed by atoms with E-state index < -0.39 is 23.0 Å². The molecule has 1 rings (SSSR count).